The number of aromatic nitrogens is 1. The highest BCUT2D eigenvalue weighted by atomic mass is 19.1. The minimum atomic E-state index is -0.207. The van der Waals surface area contributed by atoms with Crippen LogP contribution in [0.3, 0.4) is 0 Å². The monoisotopic (exact) mass is 332 g/mol. The van der Waals surface area contributed by atoms with Gasteiger partial charge in [-0.2, -0.15) is 0 Å². The summed E-state index contributed by atoms with van der Waals surface area (Å²) in [6.45, 7) is 5.08. The van der Waals surface area contributed by atoms with Crippen molar-refractivity contribution < 1.29 is 14.0 Å². The number of aliphatic hydroxyl groups excluding tert-OH is 1. The Morgan fingerprint density at radius 3 is 2.62 bits per heavy atom. The van der Waals surface area contributed by atoms with Gasteiger partial charge in [0.2, 0.25) is 0 Å². The quantitative estimate of drug-likeness (QED) is 0.888. The van der Waals surface area contributed by atoms with Gasteiger partial charge in [-0.3, -0.25) is 0 Å². The van der Waals surface area contributed by atoms with E-state index in [1.54, 1.807) is 0 Å². The average Bonchev–Trinajstić information content (AvgIpc) is 3.04. The van der Waals surface area contributed by atoms with Crippen molar-refractivity contribution in [2.24, 2.45) is 0 Å². The lowest BCUT2D eigenvalue weighted by atomic mass is 9.94. The van der Waals surface area contributed by atoms with Crippen LogP contribution in [0.1, 0.15) is 49.2 Å². The van der Waals surface area contributed by atoms with Gasteiger partial charge in [-0.25, -0.2) is 4.39 Å². The highest BCUT2D eigenvalue weighted by Gasteiger charge is 2.19. The molecule has 1 aromatic heterocycles. The van der Waals surface area contributed by atoms with Crippen molar-refractivity contribution in [2.75, 3.05) is 13.2 Å². The molecule has 1 aromatic carbocycles. The maximum atomic E-state index is 12.9. The molecule has 2 aromatic rings. The van der Waals surface area contributed by atoms with Crippen LogP contribution in [-0.4, -0.2) is 23.4 Å². The third-order valence-corrected chi connectivity index (χ3v) is 3.87. The fourth-order valence-electron chi connectivity index (χ4n) is 2.50. The lowest BCUT2D eigenvalue weighted by Crippen LogP contribution is -2.25. The summed E-state index contributed by atoms with van der Waals surface area (Å²) >= 11 is 0. The average molecular weight is 332 g/mol. The molecule has 130 valence electrons. The van der Waals surface area contributed by atoms with Crippen LogP contribution in [0, 0.1) is 12.7 Å². The van der Waals surface area contributed by atoms with Gasteiger partial charge in [-0.15, -0.1) is 0 Å². The predicted octanol–water partition coefficient (Wildman–Crippen LogP) is 4.02. The molecular weight excluding hydrogens is 307 g/mol. The van der Waals surface area contributed by atoms with Crippen LogP contribution in [0.5, 0.6) is 0 Å². The molecule has 1 atom stereocenters. The fraction of sp³-hybridized carbons (Fsp3) is 0.421. The minimum Gasteiger partial charge on any atom is -0.396 e. The molecule has 0 amide bonds. The molecule has 2 heterocycles. The van der Waals surface area contributed by atoms with Crippen LogP contribution in [0.15, 0.2) is 40.9 Å². The smallest absolute Gasteiger partial charge is 0.162 e. The first-order valence-corrected chi connectivity index (χ1v) is 8.36. The summed E-state index contributed by atoms with van der Waals surface area (Å²) in [5, 5.41) is 15.4. The van der Waals surface area contributed by atoms with Gasteiger partial charge in [0.05, 0.1) is 5.69 Å². The van der Waals surface area contributed by atoms with Gasteiger partial charge in [0.15, 0.2) is 5.76 Å². The Morgan fingerprint density at radius 2 is 2.08 bits per heavy atom. The number of nitrogens with zero attached hydrogens (tertiary/aromatic N) is 1. The summed E-state index contributed by atoms with van der Waals surface area (Å²) in [5.41, 5.74) is 3.12. The Morgan fingerprint density at radius 1 is 1.33 bits per heavy atom. The van der Waals surface area contributed by atoms with Gasteiger partial charge >= 0.3 is 0 Å². The molecule has 0 aliphatic carbocycles. The molecular formula is C19H25FN2O2. The van der Waals surface area contributed by atoms with Gasteiger partial charge in [0.1, 0.15) is 5.82 Å². The zero-order chi connectivity index (χ0) is 17.4. The molecule has 1 unspecified atom stereocenters. The molecule has 0 saturated heterocycles. The number of unbranched alkanes of at least 4 members (excludes halogenated alkanes) is 1. The maximum absolute atomic E-state index is 12.9. The van der Waals surface area contributed by atoms with Crippen molar-refractivity contribution in [1.29, 1.82) is 0 Å². The summed E-state index contributed by atoms with van der Waals surface area (Å²) in [7, 11) is 0. The SMILES string of the molecule is CCCCO.Cc1cc(C2=CCNC(c3ccc(F)cc3)C2)on1. The number of nitrogens with one attached hydrogen (secondary N) is 1. The first-order chi connectivity index (χ1) is 11.6. The molecule has 0 bridgehead atoms. The van der Waals surface area contributed by atoms with Gasteiger partial charge in [-0.05, 0) is 43.0 Å². The second-order valence-corrected chi connectivity index (χ2v) is 5.86. The van der Waals surface area contributed by atoms with E-state index in [1.807, 2.05) is 25.1 Å². The van der Waals surface area contributed by atoms with Crippen molar-refractivity contribution in [3.63, 3.8) is 0 Å². The number of hydrogen-bond donors (Lipinski definition) is 2. The van der Waals surface area contributed by atoms with Crippen molar-refractivity contribution in [1.82, 2.24) is 10.5 Å². The molecule has 0 spiro atoms. The standard InChI is InChI=1S/C15H15FN2O.C4H10O/c1-10-8-15(19-18-10)12-6-7-17-14(9-12)11-2-4-13(16)5-3-11;1-2-3-4-5/h2-6,8,14,17H,7,9H2,1H3;5H,2-4H2,1H3. The summed E-state index contributed by atoms with van der Waals surface area (Å²) in [6, 6.07) is 8.76. The Bertz CT molecular complexity index is 648. The lowest BCUT2D eigenvalue weighted by molar-refractivity contribution is 0.287. The van der Waals surface area contributed by atoms with Crippen molar-refractivity contribution in [3.8, 4) is 0 Å². The number of halogens is 1. The van der Waals surface area contributed by atoms with Crippen molar-refractivity contribution in [2.45, 2.75) is 39.2 Å². The Hall–Kier alpha value is -1.98. The third-order valence-electron chi connectivity index (χ3n) is 3.87. The zero-order valence-electron chi connectivity index (χ0n) is 14.3. The Labute approximate surface area is 142 Å². The van der Waals surface area contributed by atoms with Crippen LogP contribution in [0.2, 0.25) is 0 Å². The van der Waals surface area contributed by atoms with E-state index in [0.717, 1.165) is 48.4 Å². The normalized spacial score (nSPS) is 17.0. The zero-order valence-corrected chi connectivity index (χ0v) is 14.3. The molecule has 24 heavy (non-hydrogen) atoms. The van der Waals surface area contributed by atoms with E-state index in [0.29, 0.717) is 6.61 Å². The number of benzene rings is 1. The number of hydrogen-bond acceptors (Lipinski definition) is 4. The van der Waals surface area contributed by atoms with E-state index >= 15 is 0 Å². The van der Waals surface area contributed by atoms with Gasteiger partial charge in [-0.1, -0.05) is 36.7 Å². The molecule has 4 nitrogen and oxygen atoms in total. The van der Waals surface area contributed by atoms with Gasteiger partial charge < -0.3 is 14.9 Å². The highest BCUT2D eigenvalue weighted by molar-refractivity contribution is 5.63. The van der Waals surface area contributed by atoms with Crippen LogP contribution >= 0.6 is 0 Å². The predicted molar refractivity (Wildman–Crippen MR) is 93.0 cm³/mol. The number of aliphatic hydroxyl groups is 1. The molecule has 2 N–H and O–H groups in total. The second-order valence-electron chi connectivity index (χ2n) is 5.86. The fourth-order valence-corrected chi connectivity index (χ4v) is 2.50. The first kappa shape index (κ1) is 18.4. The summed E-state index contributed by atoms with van der Waals surface area (Å²) in [6.07, 6.45) is 4.97. The summed E-state index contributed by atoms with van der Waals surface area (Å²) < 4.78 is 18.2. The lowest BCUT2D eigenvalue weighted by Gasteiger charge is -2.23. The Kier molecular flexibility index (Phi) is 7.15. The third kappa shape index (κ3) is 5.28. The number of aryl methyl sites for hydroxylation is 1. The molecule has 0 saturated carbocycles. The maximum Gasteiger partial charge on any atom is 0.162 e. The van der Waals surface area contributed by atoms with E-state index in [4.69, 9.17) is 9.63 Å². The van der Waals surface area contributed by atoms with Gasteiger partial charge in [0, 0.05) is 25.3 Å². The number of rotatable bonds is 4. The van der Waals surface area contributed by atoms with E-state index < -0.39 is 0 Å². The van der Waals surface area contributed by atoms with Crippen LogP contribution in [0.25, 0.3) is 5.57 Å². The molecule has 0 fully saturated rings. The van der Waals surface area contributed by atoms with E-state index in [-0.39, 0.29) is 11.9 Å². The van der Waals surface area contributed by atoms with E-state index in [9.17, 15) is 4.39 Å². The first-order valence-electron chi connectivity index (χ1n) is 8.36. The largest absolute Gasteiger partial charge is 0.396 e. The minimum absolute atomic E-state index is 0.186. The van der Waals surface area contributed by atoms with Gasteiger partial charge in [0.25, 0.3) is 0 Å². The topological polar surface area (TPSA) is 58.3 Å². The molecule has 3 rings (SSSR count). The molecule has 1 aliphatic heterocycles. The molecule has 5 heteroatoms. The van der Waals surface area contributed by atoms with E-state index in [2.05, 4.69) is 23.5 Å². The second kappa shape index (κ2) is 9.35. The van der Waals surface area contributed by atoms with Crippen LogP contribution in [-0.2, 0) is 0 Å². The highest BCUT2D eigenvalue weighted by Crippen LogP contribution is 2.30. The van der Waals surface area contributed by atoms with E-state index in [1.165, 1.54) is 12.1 Å². The summed E-state index contributed by atoms with van der Waals surface area (Å²) in [4.78, 5) is 0. The molecule has 0 radical (unpaired) electrons. The Balaban J connectivity index is 0.000000368. The molecule has 1 aliphatic rings. The van der Waals surface area contributed by atoms with Crippen LogP contribution < -0.4 is 5.32 Å². The van der Waals surface area contributed by atoms with Crippen molar-refractivity contribution >= 4 is 5.57 Å². The van der Waals surface area contributed by atoms with Crippen LogP contribution in [0.4, 0.5) is 4.39 Å². The summed E-state index contributed by atoms with van der Waals surface area (Å²) in [5.74, 6) is 0.618. The van der Waals surface area contributed by atoms with Crippen molar-refractivity contribution in [3.05, 3.63) is 59.2 Å².